The summed E-state index contributed by atoms with van der Waals surface area (Å²) in [5.74, 6) is -0.646. The lowest BCUT2D eigenvalue weighted by Crippen LogP contribution is -2.17. The van der Waals surface area contributed by atoms with Crippen LogP contribution in [0.1, 0.15) is 85.3 Å². The first-order chi connectivity index (χ1) is 27.0. The molecule has 0 aliphatic carbocycles. The van der Waals surface area contributed by atoms with E-state index < -0.39 is 23.7 Å². The van der Waals surface area contributed by atoms with Gasteiger partial charge in [0.05, 0.1) is 48.3 Å². The third-order valence-corrected chi connectivity index (χ3v) is 9.01. The molecule has 18 heteroatoms. The number of hydrogen-bond acceptors (Lipinski definition) is 13. The fourth-order valence-electron chi connectivity index (χ4n) is 6.48. The molecule has 1 aliphatic rings. The summed E-state index contributed by atoms with van der Waals surface area (Å²) in [5.41, 5.74) is 8.73. The number of amides is 3. The van der Waals surface area contributed by atoms with Gasteiger partial charge in [0.15, 0.2) is 11.8 Å². The number of anilines is 2. The summed E-state index contributed by atoms with van der Waals surface area (Å²) in [6.07, 6.45) is 4.95. The molecular formula is C38H39N9O9. The lowest BCUT2D eigenvalue weighted by Gasteiger charge is -2.13. The summed E-state index contributed by atoms with van der Waals surface area (Å²) in [5, 5.41) is 5.71. The first-order valence-corrected chi connectivity index (χ1v) is 17.9. The van der Waals surface area contributed by atoms with Crippen molar-refractivity contribution in [1.82, 2.24) is 29.1 Å². The van der Waals surface area contributed by atoms with Crippen LogP contribution in [0.15, 0.2) is 45.3 Å². The summed E-state index contributed by atoms with van der Waals surface area (Å²) in [6.45, 7) is 7.64. The van der Waals surface area contributed by atoms with Crippen LogP contribution in [0, 0.1) is 13.8 Å². The van der Waals surface area contributed by atoms with E-state index in [0.717, 1.165) is 0 Å². The van der Waals surface area contributed by atoms with Gasteiger partial charge in [0, 0.05) is 38.9 Å². The van der Waals surface area contributed by atoms with Crippen molar-refractivity contribution in [2.24, 2.45) is 5.73 Å². The molecule has 0 bridgehead atoms. The Morgan fingerprint density at radius 3 is 1.64 bits per heavy atom. The molecule has 4 aromatic heterocycles. The van der Waals surface area contributed by atoms with Crippen molar-refractivity contribution in [2.75, 3.05) is 31.0 Å². The van der Waals surface area contributed by atoms with E-state index in [1.165, 1.54) is 19.2 Å². The van der Waals surface area contributed by atoms with E-state index in [2.05, 4.69) is 25.6 Å². The Bertz CT molecular complexity index is 2560. The molecule has 0 fully saturated rings. The topological polar surface area (TPSA) is 234 Å². The predicted octanol–water partition coefficient (Wildman–Crippen LogP) is 4.91. The molecule has 0 radical (unpaired) electrons. The zero-order valence-corrected chi connectivity index (χ0v) is 31.3. The molecular weight excluding hydrogens is 726 g/mol. The molecule has 1 aliphatic heterocycles. The molecule has 2 aromatic carbocycles. The summed E-state index contributed by atoms with van der Waals surface area (Å²) < 4.78 is 32.2. The number of nitrogens with two attached hydrogens (primary N) is 1. The van der Waals surface area contributed by atoms with Gasteiger partial charge in [0.25, 0.3) is 11.8 Å². The monoisotopic (exact) mass is 765 g/mol. The number of rotatable bonds is 8. The highest BCUT2D eigenvalue weighted by Crippen LogP contribution is 2.34. The van der Waals surface area contributed by atoms with Gasteiger partial charge in [-0.05, 0) is 37.1 Å². The Kier molecular flexibility index (Phi) is 10.3. The number of esters is 1. The van der Waals surface area contributed by atoms with Gasteiger partial charge in [-0.1, -0.05) is 26.0 Å². The third kappa shape index (κ3) is 7.15. The van der Waals surface area contributed by atoms with Crippen LogP contribution in [-0.4, -0.2) is 73.1 Å². The van der Waals surface area contributed by atoms with Gasteiger partial charge in [-0.3, -0.25) is 25.0 Å². The second-order valence-electron chi connectivity index (χ2n) is 12.8. The maximum Gasteiger partial charge on any atom is 0.338 e. The van der Waals surface area contributed by atoms with Crippen LogP contribution in [0.5, 0.6) is 11.5 Å². The Labute approximate surface area is 319 Å². The molecule has 0 unspecified atom stereocenters. The highest BCUT2D eigenvalue weighted by atomic mass is 16.5. The SMILES string of the molecule is CCc1nc(C)oc1C(=O)Nc1nc2cc(C(N)=O)cc3c2n1C/C=C/Cn1c(NC(=O)c2oc(C)nc2CC)nc2cc(C(=O)OC)cc(c21)OCCCO3. The minimum atomic E-state index is -0.687. The summed E-state index contributed by atoms with van der Waals surface area (Å²) >= 11 is 0. The van der Waals surface area contributed by atoms with Crippen molar-refractivity contribution in [3.8, 4) is 11.5 Å². The summed E-state index contributed by atoms with van der Waals surface area (Å²) in [6, 6.07) is 6.17. The number of carbonyl (C=O) groups is 4. The number of methoxy groups -OCH3 is 1. The van der Waals surface area contributed by atoms with Crippen LogP contribution in [0.25, 0.3) is 22.1 Å². The van der Waals surface area contributed by atoms with Gasteiger partial charge >= 0.3 is 5.97 Å². The molecule has 0 spiro atoms. The zero-order chi connectivity index (χ0) is 39.7. The molecule has 0 saturated carbocycles. The number of nitrogens with zero attached hydrogens (tertiary/aromatic N) is 6. The molecule has 7 rings (SSSR count). The normalized spacial score (nSPS) is 13.7. The lowest BCUT2D eigenvalue weighted by molar-refractivity contribution is 0.0600. The van der Waals surface area contributed by atoms with Crippen molar-refractivity contribution in [2.45, 2.75) is 60.0 Å². The van der Waals surface area contributed by atoms with E-state index in [4.69, 9.17) is 33.8 Å². The number of aryl methyl sites for hydroxylation is 4. The fraction of sp³-hybridized carbons (Fsp3) is 0.316. The minimum absolute atomic E-state index is 0.0612. The number of ether oxygens (including phenoxy) is 3. The minimum Gasteiger partial charge on any atom is -0.491 e. The van der Waals surface area contributed by atoms with Gasteiger partial charge in [0.2, 0.25) is 29.3 Å². The van der Waals surface area contributed by atoms with Crippen molar-refractivity contribution in [3.63, 3.8) is 0 Å². The van der Waals surface area contributed by atoms with E-state index in [9.17, 15) is 19.2 Å². The second kappa shape index (κ2) is 15.4. The number of oxazole rings is 2. The second-order valence-corrected chi connectivity index (χ2v) is 12.8. The van der Waals surface area contributed by atoms with Crippen LogP contribution in [0.2, 0.25) is 0 Å². The molecule has 6 aromatic rings. The van der Waals surface area contributed by atoms with E-state index >= 15 is 0 Å². The average molecular weight is 766 g/mol. The van der Waals surface area contributed by atoms with E-state index in [1.54, 1.807) is 35.1 Å². The number of carbonyl (C=O) groups excluding carboxylic acids is 4. The maximum absolute atomic E-state index is 13.6. The van der Waals surface area contributed by atoms with Crippen molar-refractivity contribution < 1.29 is 42.2 Å². The number of aromatic nitrogens is 6. The highest BCUT2D eigenvalue weighted by Gasteiger charge is 2.26. The number of primary amides is 1. The van der Waals surface area contributed by atoms with Gasteiger partial charge in [-0.2, -0.15) is 0 Å². The smallest absolute Gasteiger partial charge is 0.338 e. The third-order valence-electron chi connectivity index (χ3n) is 9.01. The summed E-state index contributed by atoms with van der Waals surface area (Å²) in [4.78, 5) is 70.3. The standard InChI is InChI=1S/C38H39N9O9/c1-6-23-31(55-19(3)40-23)34(49)44-37-42-25-15-21(33(39)48)17-27-29(25)46(37)11-8-9-12-47-30-26(16-22(36(51)52-5)18-28(30)54-14-10-13-53-27)43-38(47)45-35(50)32-24(7-2)41-20(4)56-32/h8-9,15-18H,6-7,10-14H2,1-5H3,(H2,39,48)(H,42,44,49)(H,43,45,50)/b9-8+. The van der Waals surface area contributed by atoms with Crippen LogP contribution < -0.4 is 25.8 Å². The molecule has 0 saturated heterocycles. The van der Waals surface area contributed by atoms with E-state index in [-0.39, 0.29) is 60.8 Å². The molecule has 0 atom stereocenters. The van der Waals surface area contributed by atoms with Crippen molar-refractivity contribution >= 4 is 57.7 Å². The van der Waals surface area contributed by atoms with Crippen LogP contribution >= 0.6 is 0 Å². The molecule has 3 amide bonds. The van der Waals surface area contributed by atoms with Crippen LogP contribution in [-0.2, 0) is 30.7 Å². The largest absolute Gasteiger partial charge is 0.491 e. The molecule has 290 valence electrons. The van der Waals surface area contributed by atoms with Crippen LogP contribution in [0.4, 0.5) is 11.9 Å². The van der Waals surface area contributed by atoms with Gasteiger partial charge in [-0.15, -0.1) is 0 Å². The molecule has 5 heterocycles. The quantitative estimate of drug-likeness (QED) is 0.138. The number of imidazole rings is 2. The van der Waals surface area contributed by atoms with Gasteiger partial charge in [0.1, 0.15) is 22.5 Å². The zero-order valence-electron chi connectivity index (χ0n) is 31.3. The molecule has 4 N–H and O–H groups in total. The number of allylic oxidation sites excluding steroid dienone is 2. The fourth-order valence-corrected chi connectivity index (χ4v) is 6.48. The number of hydrogen-bond donors (Lipinski definition) is 3. The highest BCUT2D eigenvalue weighted by molar-refractivity contribution is 6.05. The van der Waals surface area contributed by atoms with Gasteiger partial charge in [-0.25, -0.2) is 24.7 Å². The average Bonchev–Trinajstić information content (AvgIpc) is 3.94. The number of benzene rings is 2. The van der Waals surface area contributed by atoms with E-state index in [1.807, 2.05) is 26.0 Å². The van der Waals surface area contributed by atoms with Crippen LogP contribution in [0.3, 0.4) is 0 Å². The number of nitrogens with one attached hydrogen (secondary N) is 2. The summed E-state index contributed by atoms with van der Waals surface area (Å²) in [7, 11) is 1.27. The van der Waals surface area contributed by atoms with Gasteiger partial charge < -0.3 is 37.9 Å². The lowest BCUT2D eigenvalue weighted by atomic mass is 10.1. The Hall–Kier alpha value is -6.98. The molecule has 56 heavy (non-hydrogen) atoms. The predicted molar refractivity (Wildman–Crippen MR) is 201 cm³/mol. The van der Waals surface area contributed by atoms with Crippen molar-refractivity contribution in [3.05, 3.63) is 82.2 Å². The van der Waals surface area contributed by atoms with E-state index in [0.29, 0.717) is 76.0 Å². The molecule has 18 nitrogen and oxygen atoms in total. The maximum atomic E-state index is 13.6. The first-order valence-electron chi connectivity index (χ1n) is 17.9. The first kappa shape index (κ1) is 37.3. The Morgan fingerprint density at radius 2 is 1.20 bits per heavy atom. The Balaban J connectivity index is 1.32. The van der Waals surface area contributed by atoms with Crippen molar-refractivity contribution in [1.29, 1.82) is 0 Å². The Morgan fingerprint density at radius 1 is 0.732 bits per heavy atom.